The van der Waals surface area contributed by atoms with Crippen molar-refractivity contribution >= 4 is 22.4 Å². The third kappa shape index (κ3) is 3.62. The van der Waals surface area contributed by atoms with Gasteiger partial charge in [0.1, 0.15) is 6.61 Å². The number of benzene rings is 2. The molecule has 0 aliphatic carbocycles. The van der Waals surface area contributed by atoms with Gasteiger partial charge in [-0.05, 0) is 17.0 Å². The first-order valence-corrected chi connectivity index (χ1v) is 6.33. The lowest BCUT2D eigenvalue weighted by molar-refractivity contribution is -0.174. The number of ether oxygens (including phenoxy) is 1. The van der Waals surface area contributed by atoms with E-state index in [1.54, 1.807) is 12.1 Å². The van der Waals surface area contributed by atoms with E-state index in [1.165, 1.54) is 0 Å². The monoisotopic (exact) mass is 303 g/mol. The Labute approximate surface area is 119 Å². The molecule has 0 amide bonds. The molecule has 0 aliphatic heterocycles. The summed E-state index contributed by atoms with van der Waals surface area (Å²) in [6.07, 6.45) is -4.35. The van der Waals surface area contributed by atoms with Crippen LogP contribution in [0.4, 0.5) is 13.2 Å². The van der Waals surface area contributed by atoms with Crippen molar-refractivity contribution in [3.8, 4) is 0 Å². The molecule has 0 aliphatic rings. The number of hydrogen-bond donors (Lipinski definition) is 1. The predicted molar refractivity (Wildman–Crippen MR) is 72.8 cm³/mol. The Morgan fingerprint density at radius 2 is 1.75 bits per heavy atom. The standard InChI is InChI=1S/C14H13ClF3NO/c15-12-6-5-11(9-3-1-2-4-10(9)12)13(19)7-20-8-14(16,17)18/h1-6,13H,7-8,19H2. The molecular formula is C14H13ClF3NO. The first kappa shape index (κ1) is 15.1. The van der Waals surface area contributed by atoms with E-state index < -0.39 is 18.8 Å². The number of halogens is 4. The molecular weight excluding hydrogens is 291 g/mol. The Hall–Kier alpha value is -1.30. The highest BCUT2D eigenvalue weighted by Gasteiger charge is 2.27. The van der Waals surface area contributed by atoms with Gasteiger partial charge in [0.2, 0.25) is 0 Å². The van der Waals surface area contributed by atoms with E-state index in [0.717, 1.165) is 10.8 Å². The minimum atomic E-state index is -4.35. The Morgan fingerprint density at radius 1 is 1.10 bits per heavy atom. The Morgan fingerprint density at radius 3 is 2.40 bits per heavy atom. The fraction of sp³-hybridized carbons (Fsp3) is 0.286. The highest BCUT2D eigenvalue weighted by atomic mass is 35.5. The summed E-state index contributed by atoms with van der Waals surface area (Å²) >= 11 is 6.08. The van der Waals surface area contributed by atoms with Gasteiger partial charge in [-0.25, -0.2) is 0 Å². The molecule has 0 saturated carbocycles. The van der Waals surface area contributed by atoms with Crippen molar-refractivity contribution < 1.29 is 17.9 Å². The molecule has 2 aromatic carbocycles. The van der Waals surface area contributed by atoms with Crippen molar-refractivity contribution in [3.63, 3.8) is 0 Å². The zero-order valence-electron chi connectivity index (χ0n) is 10.5. The predicted octanol–water partition coefficient (Wildman–Crippen LogP) is 4.07. The average Bonchev–Trinajstić information content (AvgIpc) is 2.38. The molecule has 6 heteroatoms. The molecule has 0 heterocycles. The van der Waals surface area contributed by atoms with Gasteiger partial charge in [0.25, 0.3) is 0 Å². The van der Waals surface area contributed by atoms with Crippen LogP contribution in [0, 0.1) is 0 Å². The lowest BCUT2D eigenvalue weighted by Crippen LogP contribution is -2.23. The van der Waals surface area contributed by atoms with Crippen LogP contribution < -0.4 is 5.73 Å². The van der Waals surface area contributed by atoms with E-state index in [2.05, 4.69) is 4.74 Å². The summed E-state index contributed by atoms with van der Waals surface area (Å²) in [5, 5.41) is 2.22. The van der Waals surface area contributed by atoms with Gasteiger partial charge < -0.3 is 10.5 Å². The number of alkyl halides is 3. The summed E-state index contributed by atoms with van der Waals surface area (Å²) in [6, 6.07) is 10.1. The van der Waals surface area contributed by atoms with Crippen LogP contribution in [0.5, 0.6) is 0 Å². The van der Waals surface area contributed by atoms with E-state index in [-0.39, 0.29) is 6.61 Å². The second kappa shape index (κ2) is 5.99. The second-order valence-corrected chi connectivity index (χ2v) is 4.83. The van der Waals surface area contributed by atoms with E-state index in [9.17, 15) is 13.2 Å². The van der Waals surface area contributed by atoms with Gasteiger partial charge in [0, 0.05) is 10.4 Å². The summed E-state index contributed by atoms with van der Waals surface area (Å²) in [6.45, 7) is -1.50. The maximum atomic E-state index is 12.0. The van der Waals surface area contributed by atoms with Crippen molar-refractivity contribution in [1.82, 2.24) is 0 Å². The zero-order valence-corrected chi connectivity index (χ0v) is 11.2. The molecule has 2 rings (SSSR count). The fourth-order valence-electron chi connectivity index (χ4n) is 2.00. The van der Waals surface area contributed by atoms with E-state index >= 15 is 0 Å². The largest absolute Gasteiger partial charge is 0.411 e. The quantitative estimate of drug-likeness (QED) is 0.924. The van der Waals surface area contributed by atoms with Crippen LogP contribution in [0.25, 0.3) is 10.8 Å². The molecule has 0 fully saturated rings. The van der Waals surface area contributed by atoms with Crippen LogP contribution >= 0.6 is 11.6 Å². The summed E-state index contributed by atoms with van der Waals surface area (Å²) in [5.74, 6) is 0. The van der Waals surface area contributed by atoms with Crippen LogP contribution in [0.2, 0.25) is 5.02 Å². The lowest BCUT2D eigenvalue weighted by atomic mass is 9.99. The summed E-state index contributed by atoms with van der Waals surface area (Å²) in [5.41, 5.74) is 6.62. The summed E-state index contributed by atoms with van der Waals surface area (Å²) in [4.78, 5) is 0. The molecule has 0 bridgehead atoms. The maximum Gasteiger partial charge on any atom is 0.411 e. The molecule has 0 aromatic heterocycles. The average molecular weight is 304 g/mol. The van der Waals surface area contributed by atoms with Crippen LogP contribution in [0.15, 0.2) is 36.4 Å². The van der Waals surface area contributed by atoms with Crippen LogP contribution in [-0.2, 0) is 4.74 Å². The third-order valence-corrected chi connectivity index (χ3v) is 3.20. The molecule has 108 valence electrons. The van der Waals surface area contributed by atoms with Gasteiger partial charge in [-0.3, -0.25) is 0 Å². The zero-order chi connectivity index (χ0) is 14.8. The van der Waals surface area contributed by atoms with Crippen molar-refractivity contribution in [3.05, 3.63) is 47.0 Å². The Balaban J connectivity index is 2.18. The normalized spacial score (nSPS) is 13.7. The first-order chi connectivity index (χ1) is 9.38. The highest BCUT2D eigenvalue weighted by Crippen LogP contribution is 2.29. The number of hydrogen-bond acceptors (Lipinski definition) is 2. The van der Waals surface area contributed by atoms with Crippen molar-refractivity contribution in [2.24, 2.45) is 5.73 Å². The van der Waals surface area contributed by atoms with Crippen molar-refractivity contribution in [2.75, 3.05) is 13.2 Å². The molecule has 2 aromatic rings. The van der Waals surface area contributed by atoms with E-state index in [0.29, 0.717) is 10.6 Å². The Kier molecular flexibility index (Phi) is 4.52. The van der Waals surface area contributed by atoms with Gasteiger partial charge >= 0.3 is 6.18 Å². The third-order valence-electron chi connectivity index (χ3n) is 2.87. The minimum absolute atomic E-state index is 0.203. The summed E-state index contributed by atoms with van der Waals surface area (Å²) < 4.78 is 40.7. The first-order valence-electron chi connectivity index (χ1n) is 5.96. The van der Waals surface area contributed by atoms with E-state index in [1.807, 2.05) is 24.3 Å². The summed E-state index contributed by atoms with van der Waals surface area (Å²) in [7, 11) is 0. The molecule has 1 unspecified atom stereocenters. The van der Waals surface area contributed by atoms with Gasteiger partial charge in [-0.15, -0.1) is 0 Å². The number of nitrogens with two attached hydrogens (primary N) is 1. The molecule has 2 N–H and O–H groups in total. The van der Waals surface area contributed by atoms with Crippen molar-refractivity contribution in [1.29, 1.82) is 0 Å². The number of rotatable bonds is 4. The van der Waals surface area contributed by atoms with Crippen LogP contribution in [0.3, 0.4) is 0 Å². The Bertz CT molecular complexity index is 600. The molecule has 0 spiro atoms. The highest BCUT2D eigenvalue weighted by molar-refractivity contribution is 6.35. The van der Waals surface area contributed by atoms with Crippen molar-refractivity contribution in [2.45, 2.75) is 12.2 Å². The maximum absolute atomic E-state index is 12.0. The number of fused-ring (bicyclic) bond motifs is 1. The minimum Gasteiger partial charge on any atom is -0.370 e. The van der Waals surface area contributed by atoms with Gasteiger partial charge in [0.15, 0.2) is 0 Å². The van der Waals surface area contributed by atoms with Gasteiger partial charge in [-0.1, -0.05) is 41.9 Å². The van der Waals surface area contributed by atoms with Crippen LogP contribution in [-0.4, -0.2) is 19.4 Å². The topological polar surface area (TPSA) is 35.2 Å². The lowest BCUT2D eigenvalue weighted by Gasteiger charge is -2.16. The van der Waals surface area contributed by atoms with Crippen LogP contribution in [0.1, 0.15) is 11.6 Å². The molecule has 1 atom stereocenters. The molecule has 0 radical (unpaired) electrons. The second-order valence-electron chi connectivity index (χ2n) is 4.42. The smallest absolute Gasteiger partial charge is 0.370 e. The fourth-order valence-corrected chi connectivity index (χ4v) is 2.23. The van der Waals surface area contributed by atoms with Gasteiger partial charge in [-0.2, -0.15) is 13.2 Å². The van der Waals surface area contributed by atoms with E-state index in [4.69, 9.17) is 17.3 Å². The van der Waals surface area contributed by atoms with Gasteiger partial charge in [0.05, 0.1) is 12.6 Å². The molecule has 2 nitrogen and oxygen atoms in total. The molecule has 0 saturated heterocycles. The molecule has 20 heavy (non-hydrogen) atoms. The SMILES string of the molecule is NC(COCC(F)(F)F)c1ccc(Cl)c2ccccc12.